The van der Waals surface area contributed by atoms with Gasteiger partial charge in [0.2, 0.25) is 5.91 Å². The summed E-state index contributed by atoms with van der Waals surface area (Å²) in [5, 5.41) is 9.22. The average molecular weight is 309 g/mol. The molecule has 1 aromatic rings. The van der Waals surface area contributed by atoms with Gasteiger partial charge in [-0.1, -0.05) is 6.07 Å². The number of amides is 1. The van der Waals surface area contributed by atoms with Crippen LogP contribution < -0.4 is 0 Å². The molecular weight excluding hydrogens is 292 g/mol. The highest BCUT2D eigenvalue weighted by Gasteiger charge is 2.49. The maximum atomic E-state index is 13.8. The van der Waals surface area contributed by atoms with Crippen LogP contribution >= 0.6 is 0 Å². The number of rotatable bonds is 3. The lowest BCUT2D eigenvalue weighted by molar-refractivity contribution is -0.152. The van der Waals surface area contributed by atoms with Crippen LogP contribution in [0.4, 0.5) is 8.78 Å². The van der Waals surface area contributed by atoms with Gasteiger partial charge in [0.05, 0.1) is 0 Å². The molecule has 0 unspecified atom stereocenters. The summed E-state index contributed by atoms with van der Waals surface area (Å²) in [5.41, 5.74) is 0.337. The van der Waals surface area contributed by atoms with Gasteiger partial charge in [0.15, 0.2) is 0 Å². The first-order valence-electron chi connectivity index (χ1n) is 7.47. The van der Waals surface area contributed by atoms with Crippen LogP contribution in [0.3, 0.4) is 0 Å². The number of nitrogens with zero attached hydrogens (tertiary/aromatic N) is 1. The summed E-state index contributed by atoms with van der Waals surface area (Å²) in [5.74, 6) is -3.16. The van der Waals surface area contributed by atoms with Crippen LogP contribution in [-0.4, -0.2) is 34.5 Å². The van der Waals surface area contributed by atoms with Crippen LogP contribution in [-0.2, 0) is 9.59 Å². The molecule has 3 rings (SSSR count). The maximum Gasteiger partial charge on any atom is 0.326 e. The third kappa shape index (κ3) is 2.69. The number of benzene rings is 1. The van der Waals surface area contributed by atoms with Gasteiger partial charge >= 0.3 is 5.97 Å². The van der Waals surface area contributed by atoms with Crippen LogP contribution in [0.15, 0.2) is 18.2 Å². The van der Waals surface area contributed by atoms with Crippen molar-refractivity contribution in [1.82, 2.24) is 4.90 Å². The number of carboxylic acid groups (broad SMARTS) is 1. The first-order chi connectivity index (χ1) is 10.5. The van der Waals surface area contributed by atoms with E-state index >= 15 is 0 Å². The van der Waals surface area contributed by atoms with E-state index in [-0.39, 0.29) is 17.7 Å². The lowest BCUT2D eigenvalue weighted by Crippen LogP contribution is -2.48. The van der Waals surface area contributed by atoms with Gasteiger partial charge in [-0.3, -0.25) is 4.79 Å². The monoisotopic (exact) mass is 309 g/mol. The van der Waals surface area contributed by atoms with E-state index in [0.29, 0.717) is 24.9 Å². The fourth-order valence-corrected chi connectivity index (χ4v) is 3.28. The van der Waals surface area contributed by atoms with Crippen molar-refractivity contribution in [2.75, 3.05) is 6.54 Å². The Morgan fingerprint density at radius 3 is 2.68 bits per heavy atom. The minimum atomic E-state index is -0.988. The average Bonchev–Trinajstić information content (AvgIpc) is 3.26. The molecule has 1 aliphatic heterocycles. The van der Waals surface area contributed by atoms with Crippen molar-refractivity contribution in [3.8, 4) is 0 Å². The Morgan fingerprint density at radius 1 is 1.23 bits per heavy atom. The van der Waals surface area contributed by atoms with E-state index in [2.05, 4.69) is 0 Å². The molecule has 4 nitrogen and oxygen atoms in total. The maximum absolute atomic E-state index is 13.8. The Kier molecular flexibility index (Phi) is 3.85. The van der Waals surface area contributed by atoms with Gasteiger partial charge in [0.1, 0.15) is 17.7 Å². The molecule has 0 spiro atoms. The molecule has 118 valence electrons. The minimum Gasteiger partial charge on any atom is -0.480 e. The lowest BCUT2D eigenvalue weighted by atomic mass is 10.0. The van der Waals surface area contributed by atoms with Gasteiger partial charge in [0.25, 0.3) is 0 Å². The standard InChI is InChI=1S/C16H17F2NO3/c17-9-4-5-10(13(18)7-9)11-8-12(11)15(20)19-6-2-1-3-14(19)16(21)22/h4-5,7,11-12,14H,1-3,6,8H2,(H,21,22)/t11-,12-,14+/m0/s1. The smallest absolute Gasteiger partial charge is 0.326 e. The van der Waals surface area contributed by atoms with Crippen molar-refractivity contribution in [1.29, 1.82) is 0 Å². The zero-order valence-corrected chi connectivity index (χ0v) is 12.0. The molecular formula is C16H17F2NO3. The van der Waals surface area contributed by atoms with E-state index in [1.165, 1.54) is 17.0 Å². The molecule has 1 aromatic carbocycles. The predicted octanol–water partition coefficient (Wildman–Crippen LogP) is 2.53. The third-order valence-electron chi connectivity index (χ3n) is 4.54. The van der Waals surface area contributed by atoms with E-state index in [9.17, 15) is 23.5 Å². The van der Waals surface area contributed by atoms with Crippen molar-refractivity contribution in [2.24, 2.45) is 5.92 Å². The van der Waals surface area contributed by atoms with Crippen molar-refractivity contribution >= 4 is 11.9 Å². The molecule has 0 aromatic heterocycles. The molecule has 1 N–H and O–H groups in total. The largest absolute Gasteiger partial charge is 0.480 e. The Labute approximate surface area is 126 Å². The molecule has 0 radical (unpaired) electrons. The van der Waals surface area contributed by atoms with Crippen LogP contribution in [0, 0.1) is 17.6 Å². The fourth-order valence-electron chi connectivity index (χ4n) is 3.28. The Balaban J connectivity index is 1.73. The predicted molar refractivity (Wildman–Crippen MR) is 74.2 cm³/mol. The van der Waals surface area contributed by atoms with E-state index in [1.807, 2.05) is 0 Å². The number of carbonyl (C=O) groups excluding carboxylic acids is 1. The SMILES string of the molecule is O=C(O)[C@H]1CCCCN1C(=O)[C@H]1C[C@H]1c1ccc(F)cc1F. The number of halogens is 2. The summed E-state index contributed by atoms with van der Waals surface area (Å²) in [6, 6.07) is 2.59. The van der Waals surface area contributed by atoms with Crippen molar-refractivity contribution in [2.45, 2.75) is 37.6 Å². The lowest BCUT2D eigenvalue weighted by Gasteiger charge is -2.33. The second-order valence-electron chi connectivity index (χ2n) is 6.00. The van der Waals surface area contributed by atoms with Gasteiger partial charge < -0.3 is 10.0 Å². The van der Waals surface area contributed by atoms with E-state index in [1.54, 1.807) is 0 Å². The summed E-state index contributed by atoms with van der Waals surface area (Å²) in [4.78, 5) is 25.2. The molecule has 3 atom stereocenters. The highest BCUT2D eigenvalue weighted by Crippen LogP contribution is 2.49. The van der Waals surface area contributed by atoms with Crippen LogP contribution in [0.25, 0.3) is 0 Å². The minimum absolute atomic E-state index is 0.221. The van der Waals surface area contributed by atoms with Crippen LogP contribution in [0.5, 0.6) is 0 Å². The fraction of sp³-hybridized carbons (Fsp3) is 0.500. The van der Waals surface area contributed by atoms with Crippen LogP contribution in [0.2, 0.25) is 0 Å². The summed E-state index contributed by atoms with van der Waals surface area (Å²) in [6.45, 7) is 0.435. The second kappa shape index (κ2) is 5.66. The normalized spacial score (nSPS) is 27.5. The molecule has 1 saturated carbocycles. The summed E-state index contributed by atoms with van der Waals surface area (Å²) >= 11 is 0. The van der Waals surface area contributed by atoms with Gasteiger partial charge in [-0.15, -0.1) is 0 Å². The number of aliphatic carboxylic acids is 1. The Morgan fingerprint density at radius 2 is 2.00 bits per heavy atom. The topological polar surface area (TPSA) is 57.6 Å². The zero-order chi connectivity index (χ0) is 15.9. The molecule has 2 aliphatic rings. The van der Waals surface area contributed by atoms with Crippen LogP contribution in [0.1, 0.15) is 37.2 Å². The first kappa shape index (κ1) is 14.9. The quantitative estimate of drug-likeness (QED) is 0.933. The number of piperidine rings is 1. The Hall–Kier alpha value is -1.98. The van der Waals surface area contributed by atoms with E-state index in [4.69, 9.17) is 0 Å². The van der Waals surface area contributed by atoms with Crippen molar-refractivity contribution in [3.05, 3.63) is 35.4 Å². The Bertz CT molecular complexity index is 619. The summed E-state index contributed by atoms with van der Waals surface area (Å²) in [6.07, 6.45) is 2.53. The van der Waals surface area contributed by atoms with Gasteiger partial charge in [-0.25, -0.2) is 13.6 Å². The van der Waals surface area contributed by atoms with Gasteiger partial charge in [0, 0.05) is 18.5 Å². The van der Waals surface area contributed by atoms with E-state index < -0.39 is 23.6 Å². The second-order valence-corrected chi connectivity index (χ2v) is 6.00. The van der Waals surface area contributed by atoms with Gasteiger partial charge in [-0.05, 0) is 43.2 Å². The molecule has 22 heavy (non-hydrogen) atoms. The third-order valence-corrected chi connectivity index (χ3v) is 4.54. The molecule has 1 saturated heterocycles. The van der Waals surface area contributed by atoms with Crippen molar-refractivity contribution < 1.29 is 23.5 Å². The van der Waals surface area contributed by atoms with Crippen molar-refractivity contribution in [3.63, 3.8) is 0 Å². The molecule has 1 heterocycles. The summed E-state index contributed by atoms with van der Waals surface area (Å²) in [7, 11) is 0. The molecule has 1 amide bonds. The van der Waals surface area contributed by atoms with Gasteiger partial charge in [-0.2, -0.15) is 0 Å². The molecule has 0 bridgehead atoms. The first-order valence-corrected chi connectivity index (χ1v) is 7.47. The molecule has 2 fully saturated rings. The number of carboxylic acids is 1. The molecule has 6 heteroatoms. The van der Waals surface area contributed by atoms with E-state index in [0.717, 1.165) is 18.9 Å². The number of hydrogen-bond acceptors (Lipinski definition) is 2. The highest BCUT2D eigenvalue weighted by molar-refractivity contribution is 5.87. The number of hydrogen-bond donors (Lipinski definition) is 1. The number of carbonyl (C=O) groups is 2. The zero-order valence-electron chi connectivity index (χ0n) is 12.0. The number of likely N-dealkylation sites (tertiary alicyclic amines) is 1. The highest BCUT2D eigenvalue weighted by atomic mass is 19.1. The molecule has 1 aliphatic carbocycles. The summed E-state index contributed by atoms with van der Waals surface area (Å²) < 4.78 is 26.7.